The molecule has 0 radical (unpaired) electrons. The Morgan fingerprint density at radius 2 is 1.64 bits per heavy atom. The summed E-state index contributed by atoms with van der Waals surface area (Å²) in [5.41, 5.74) is -0.0487. The normalized spacial score (nSPS) is 17.3. The average molecular weight is 443 g/mol. The van der Waals surface area contributed by atoms with Gasteiger partial charge < -0.3 is 19.5 Å². The molecule has 1 aliphatic heterocycles. The van der Waals surface area contributed by atoms with Crippen molar-refractivity contribution in [2.24, 2.45) is 0 Å². The molecule has 3 aromatic carbocycles. The molecule has 3 aromatic rings. The van der Waals surface area contributed by atoms with E-state index in [-0.39, 0.29) is 25.4 Å². The maximum atomic E-state index is 13.3. The van der Waals surface area contributed by atoms with E-state index in [4.69, 9.17) is 9.47 Å². The third-order valence-corrected chi connectivity index (χ3v) is 5.57. The topological polar surface area (TPSA) is 76.1 Å². The van der Waals surface area contributed by atoms with Gasteiger partial charge >= 0.3 is 0 Å². The molecular formula is C27H25NO5. The van der Waals surface area contributed by atoms with Crippen LogP contribution in [0.25, 0.3) is 6.08 Å². The number of fused-ring (bicyclic) bond motifs is 1. The number of para-hydroxylation sites is 3. The Morgan fingerprint density at radius 1 is 0.970 bits per heavy atom. The van der Waals surface area contributed by atoms with Crippen LogP contribution in [0.2, 0.25) is 0 Å². The summed E-state index contributed by atoms with van der Waals surface area (Å²) in [7, 11) is 1.56. The summed E-state index contributed by atoms with van der Waals surface area (Å²) < 4.78 is 11.1. The van der Waals surface area contributed by atoms with Crippen LogP contribution in [0.1, 0.15) is 17.5 Å². The van der Waals surface area contributed by atoms with Crippen molar-refractivity contribution in [2.75, 3.05) is 25.2 Å². The second kappa shape index (κ2) is 9.71. The van der Waals surface area contributed by atoms with E-state index in [1.807, 2.05) is 42.5 Å². The first-order valence-corrected chi connectivity index (χ1v) is 10.7. The molecule has 0 fully saturated rings. The van der Waals surface area contributed by atoms with E-state index >= 15 is 0 Å². The lowest BCUT2D eigenvalue weighted by Gasteiger charge is -2.22. The van der Waals surface area contributed by atoms with E-state index in [0.29, 0.717) is 22.7 Å². The summed E-state index contributed by atoms with van der Waals surface area (Å²) in [6, 6.07) is 23.6. The second-order valence-electron chi connectivity index (χ2n) is 7.72. The van der Waals surface area contributed by atoms with Gasteiger partial charge in [0.05, 0.1) is 25.8 Å². The Hall–Kier alpha value is -3.90. The van der Waals surface area contributed by atoms with E-state index in [0.717, 1.165) is 5.56 Å². The van der Waals surface area contributed by atoms with Gasteiger partial charge in [0.2, 0.25) is 0 Å². The number of aliphatic hydroxyl groups is 1. The lowest BCUT2D eigenvalue weighted by atomic mass is 9.90. The molecule has 0 aromatic heterocycles. The molecule has 0 saturated heterocycles. The molecule has 6 nitrogen and oxygen atoms in total. The molecule has 0 saturated carbocycles. The summed E-state index contributed by atoms with van der Waals surface area (Å²) in [5, 5.41) is 11.3. The molecule has 168 valence electrons. The number of benzene rings is 3. The zero-order valence-corrected chi connectivity index (χ0v) is 18.3. The van der Waals surface area contributed by atoms with Gasteiger partial charge in [-0.15, -0.1) is 0 Å². The van der Waals surface area contributed by atoms with Crippen molar-refractivity contribution in [3.63, 3.8) is 0 Å². The van der Waals surface area contributed by atoms with Crippen LogP contribution in [-0.4, -0.2) is 37.1 Å². The van der Waals surface area contributed by atoms with E-state index in [9.17, 15) is 14.7 Å². The zero-order valence-electron chi connectivity index (χ0n) is 18.3. The first kappa shape index (κ1) is 22.3. The summed E-state index contributed by atoms with van der Waals surface area (Å²) in [6.07, 6.45) is 2.74. The van der Waals surface area contributed by atoms with Gasteiger partial charge in [-0.25, -0.2) is 0 Å². The van der Waals surface area contributed by atoms with Crippen molar-refractivity contribution in [1.29, 1.82) is 0 Å². The van der Waals surface area contributed by atoms with Gasteiger partial charge in [0.15, 0.2) is 22.9 Å². The summed E-state index contributed by atoms with van der Waals surface area (Å²) in [6.45, 7) is 0.405. The number of ether oxygens (including phenoxy) is 2. The third kappa shape index (κ3) is 4.66. The highest BCUT2D eigenvalue weighted by Crippen LogP contribution is 2.42. The van der Waals surface area contributed by atoms with Crippen LogP contribution >= 0.6 is 0 Å². The Labute approximate surface area is 192 Å². The molecule has 1 heterocycles. The predicted octanol–water partition coefficient (Wildman–Crippen LogP) is 3.98. The highest BCUT2D eigenvalue weighted by Gasteiger charge is 2.50. The number of anilines is 1. The number of amides is 1. The monoisotopic (exact) mass is 443 g/mol. The van der Waals surface area contributed by atoms with Gasteiger partial charge in [-0.05, 0) is 29.8 Å². The molecule has 0 unspecified atom stereocenters. The Kier molecular flexibility index (Phi) is 6.56. The maximum absolute atomic E-state index is 13.3. The molecule has 4 rings (SSSR count). The first-order chi connectivity index (χ1) is 16.0. The first-order valence-electron chi connectivity index (χ1n) is 10.7. The van der Waals surface area contributed by atoms with Gasteiger partial charge in [0.1, 0.15) is 6.61 Å². The fourth-order valence-electron chi connectivity index (χ4n) is 3.95. The van der Waals surface area contributed by atoms with Crippen LogP contribution in [0.5, 0.6) is 11.5 Å². The minimum Gasteiger partial charge on any atom is -0.493 e. The highest BCUT2D eigenvalue weighted by molar-refractivity contribution is 6.10. The van der Waals surface area contributed by atoms with Crippen LogP contribution < -0.4 is 14.4 Å². The van der Waals surface area contributed by atoms with Crippen LogP contribution in [0.3, 0.4) is 0 Å². The fraction of sp³-hybridized carbons (Fsp3) is 0.185. The minimum atomic E-state index is -1.92. The molecular weight excluding hydrogens is 418 g/mol. The molecule has 1 atom stereocenters. The summed E-state index contributed by atoms with van der Waals surface area (Å²) in [4.78, 5) is 27.4. The highest BCUT2D eigenvalue weighted by atomic mass is 16.5. The van der Waals surface area contributed by atoms with E-state index in [1.165, 1.54) is 11.0 Å². The van der Waals surface area contributed by atoms with Crippen LogP contribution in [-0.2, 0) is 15.2 Å². The lowest BCUT2D eigenvalue weighted by molar-refractivity contribution is -0.140. The second-order valence-corrected chi connectivity index (χ2v) is 7.72. The fourth-order valence-corrected chi connectivity index (χ4v) is 3.95. The summed E-state index contributed by atoms with van der Waals surface area (Å²) in [5.74, 6) is 0.291. The number of rotatable bonds is 9. The zero-order chi connectivity index (χ0) is 23.3. The van der Waals surface area contributed by atoms with E-state index < -0.39 is 11.5 Å². The largest absolute Gasteiger partial charge is 0.493 e. The maximum Gasteiger partial charge on any atom is 0.264 e. The molecule has 6 heteroatoms. The average Bonchev–Trinajstić information content (AvgIpc) is 3.05. The Morgan fingerprint density at radius 3 is 2.39 bits per heavy atom. The van der Waals surface area contributed by atoms with Gasteiger partial charge in [-0.3, -0.25) is 9.59 Å². The molecule has 0 spiro atoms. The smallest absolute Gasteiger partial charge is 0.264 e. The van der Waals surface area contributed by atoms with Crippen molar-refractivity contribution < 1.29 is 24.2 Å². The van der Waals surface area contributed by atoms with Gasteiger partial charge in [0, 0.05) is 5.56 Å². The Balaban J connectivity index is 1.49. The van der Waals surface area contributed by atoms with E-state index in [1.54, 1.807) is 49.6 Å². The standard InChI is InChI=1S/C27H25NO5/c1-32-24-13-7-8-14-25(24)33-18-17-28-23-12-6-5-11-22(23)27(31,26(28)30)19-21(29)16-15-20-9-3-2-4-10-20/h2-16,31H,17-19H2,1H3/b16-15+/t27-/m0/s1. The molecule has 0 aliphatic carbocycles. The molecule has 1 amide bonds. The Bertz CT molecular complexity index is 1170. The van der Waals surface area contributed by atoms with Gasteiger partial charge in [-0.1, -0.05) is 66.7 Å². The molecule has 1 aliphatic rings. The number of methoxy groups -OCH3 is 1. The number of carbonyl (C=O) groups is 2. The number of hydrogen-bond acceptors (Lipinski definition) is 5. The SMILES string of the molecule is COc1ccccc1OCCN1C(=O)[C@](O)(CC(=O)/C=C/c2ccccc2)c2ccccc21. The lowest BCUT2D eigenvalue weighted by Crippen LogP contribution is -2.43. The molecule has 0 bridgehead atoms. The molecule has 1 N–H and O–H groups in total. The van der Waals surface area contributed by atoms with Gasteiger partial charge in [0.25, 0.3) is 5.91 Å². The van der Waals surface area contributed by atoms with Crippen molar-refractivity contribution in [3.05, 3.63) is 96.1 Å². The van der Waals surface area contributed by atoms with Crippen molar-refractivity contribution in [2.45, 2.75) is 12.0 Å². The van der Waals surface area contributed by atoms with Crippen molar-refractivity contribution in [1.82, 2.24) is 0 Å². The third-order valence-electron chi connectivity index (χ3n) is 5.57. The van der Waals surface area contributed by atoms with Crippen molar-refractivity contribution >= 4 is 23.5 Å². The number of ketones is 1. The quantitative estimate of drug-likeness (QED) is 0.507. The van der Waals surface area contributed by atoms with Gasteiger partial charge in [-0.2, -0.15) is 0 Å². The predicted molar refractivity (Wildman–Crippen MR) is 126 cm³/mol. The van der Waals surface area contributed by atoms with E-state index in [2.05, 4.69) is 0 Å². The molecule has 33 heavy (non-hydrogen) atoms. The van der Waals surface area contributed by atoms with Crippen molar-refractivity contribution in [3.8, 4) is 11.5 Å². The number of carbonyl (C=O) groups excluding carboxylic acids is 2. The summed E-state index contributed by atoms with van der Waals surface area (Å²) >= 11 is 0. The van der Waals surface area contributed by atoms with Crippen LogP contribution in [0.15, 0.2) is 84.9 Å². The van der Waals surface area contributed by atoms with Crippen LogP contribution in [0.4, 0.5) is 5.69 Å². The minimum absolute atomic E-state index is 0.193. The number of hydrogen-bond donors (Lipinski definition) is 1. The number of nitrogens with zero attached hydrogens (tertiary/aromatic N) is 1. The number of allylic oxidation sites excluding steroid dienone is 1. The van der Waals surface area contributed by atoms with Crippen LogP contribution in [0, 0.1) is 0 Å².